The normalized spacial score (nSPS) is 18.4. The molecule has 1 aliphatic rings. The molecule has 0 saturated heterocycles. The summed E-state index contributed by atoms with van der Waals surface area (Å²) in [6.45, 7) is 3.70. The highest BCUT2D eigenvalue weighted by Crippen LogP contribution is 2.47. The number of aryl methyl sites for hydroxylation is 1. The molecule has 0 fully saturated rings. The molecule has 1 aliphatic carbocycles. The number of nitrogens with zero attached hydrogens (tertiary/aromatic N) is 1. The lowest BCUT2D eigenvalue weighted by molar-refractivity contribution is -0.170. The van der Waals surface area contributed by atoms with Gasteiger partial charge in [0.25, 0.3) is 0 Å². The molecule has 0 saturated carbocycles. The monoisotopic (exact) mass is 551 g/mol. The number of carbonyl (C=O) groups is 1. The molecule has 2 aromatic rings. The molecule has 212 valence electrons. The zero-order valence-electron chi connectivity index (χ0n) is 23.4. The number of ether oxygens (including phenoxy) is 4. The van der Waals surface area contributed by atoms with Crippen LogP contribution in [0.3, 0.4) is 0 Å². The lowest BCUT2D eigenvalue weighted by atomic mass is 9.68. The van der Waals surface area contributed by atoms with E-state index >= 15 is 0 Å². The average molecular weight is 552 g/mol. The van der Waals surface area contributed by atoms with Gasteiger partial charge in [-0.05, 0) is 73.7 Å². The van der Waals surface area contributed by atoms with Gasteiger partial charge >= 0.3 is 5.97 Å². The standard InChI is InChI=1S/C30H42FNO5.ClH/c1-6-7-8-26-25-11-10-24(31)20-23(25)13-15-30(26,37-29(33)21-34-3)16-18-32(2)17-14-22-9-12-27(35-4)28(19-22)36-5;/h9-12,19-20,26H,6-8,13-18,21H2,1-5H3;1H/t26-,30-;/m0./s1. The number of fused-ring (bicyclic) bond motifs is 1. The van der Waals surface area contributed by atoms with Crippen molar-refractivity contribution in [2.75, 3.05) is 48.1 Å². The first-order valence-corrected chi connectivity index (χ1v) is 13.2. The van der Waals surface area contributed by atoms with Crippen LogP contribution < -0.4 is 9.47 Å². The van der Waals surface area contributed by atoms with Crippen LogP contribution in [0.15, 0.2) is 36.4 Å². The maximum Gasteiger partial charge on any atom is 0.332 e. The van der Waals surface area contributed by atoms with Gasteiger partial charge in [-0.3, -0.25) is 0 Å². The molecule has 2 atom stereocenters. The minimum atomic E-state index is -0.646. The fourth-order valence-corrected chi connectivity index (χ4v) is 5.46. The number of likely N-dealkylation sites (N-methyl/N-ethyl adjacent to an activating group) is 1. The van der Waals surface area contributed by atoms with Crippen LogP contribution >= 0.6 is 12.4 Å². The van der Waals surface area contributed by atoms with E-state index in [0.29, 0.717) is 19.3 Å². The first kappa shape index (κ1) is 31.9. The van der Waals surface area contributed by atoms with E-state index in [4.69, 9.17) is 18.9 Å². The molecular formula is C30H43ClFNO5. The molecule has 0 heterocycles. The van der Waals surface area contributed by atoms with Gasteiger partial charge < -0.3 is 23.8 Å². The molecule has 0 radical (unpaired) electrons. The van der Waals surface area contributed by atoms with E-state index in [1.807, 2.05) is 18.2 Å². The van der Waals surface area contributed by atoms with Crippen molar-refractivity contribution in [2.24, 2.45) is 0 Å². The number of esters is 1. The summed E-state index contributed by atoms with van der Waals surface area (Å²) in [6.07, 6.45) is 5.87. The second kappa shape index (κ2) is 15.3. The first-order chi connectivity index (χ1) is 17.9. The van der Waals surface area contributed by atoms with Gasteiger partial charge in [0.05, 0.1) is 14.2 Å². The number of hydrogen-bond acceptors (Lipinski definition) is 6. The summed E-state index contributed by atoms with van der Waals surface area (Å²) in [5.41, 5.74) is 2.66. The average Bonchev–Trinajstić information content (AvgIpc) is 2.90. The topological polar surface area (TPSA) is 57.2 Å². The predicted octanol–water partition coefficient (Wildman–Crippen LogP) is 5.98. The van der Waals surface area contributed by atoms with E-state index in [1.54, 1.807) is 20.3 Å². The molecule has 0 aliphatic heterocycles. The largest absolute Gasteiger partial charge is 0.493 e. The van der Waals surface area contributed by atoms with E-state index in [-0.39, 0.29) is 36.7 Å². The zero-order chi connectivity index (χ0) is 26.8. The van der Waals surface area contributed by atoms with Gasteiger partial charge in [0, 0.05) is 32.5 Å². The van der Waals surface area contributed by atoms with Gasteiger partial charge in [-0.25, -0.2) is 9.18 Å². The summed E-state index contributed by atoms with van der Waals surface area (Å²) >= 11 is 0. The van der Waals surface area contributed by atoms with Crippen LogP contribution in [0.4, 0.5) is 4.39 Å². The van der Waals surface area contributed by atoms with Crippen LogP contribution in [0.2, 0.25) is 0 Å². The van der Waals surface area contributed by atoms with Crippen molar-refractivity contribution in [2.45, 2.75) is 63.4 Å². The van der Waals surface area contributed by atoms with Crippen LogP contribution in [0.1, 0.15) is 61.6 Å². The van der Waals surface area contributed by atoms with Crippen LogP contribution in [0, 0.1) is 5.82 Å². The molecule has 6 nitrogen and oxygen atoms in total. The van der Waals surface area contributed by atoms with Crippen LogP contribution in [0.25, 0.3) is 0 Å². The fraction of sp³-hybridized carbons (Fsp3) is 0.567. The fourth-order valence-electron chi connectivity index (χ4n) is 5.46. The van der Waals surface area contributed by atoms with E-state index in [9.17, 15) is 9.18 Å². The third kappa shape index (κ3) is 8.08. The summed E-state index contributed by atoms with van der Waals surface area (Å²) in [5, 5.41) is 0. The molecule has 0 spiro atoms. The molecule has 0 bridgehead atoms. The number of unbranched alkanes of at least 4 members (excludes halogenated alkanes) is 1. The number of halogens is 2. The van der Waals surface area contributed by atoms with Crippen molar-refractivity contribution in [3.05, 3.63) is 58.9 Å². The minimum Gasteiger partial charge on any atom is -0.493 e. The Morgan fingerprint density at radius 2 is 1.84 bits per heavy atom. The third-order valence-corrected chi connectivity index (χ3v) is 7.51. The molecule has 2 aromatic carbocycles. The van der Waals surface area contributed by atoms with Crippen molar-refractivity contribution in [1.82, 2.24) is 4.90 Å². The van der Waals surface area contributed by atoms with Crippen molar-refractivity contribution in [3.8, 4) is 11.5 Å². The molecule has 0 N–H and O–H groups in total. The van der Waals surface area contributed by atoms with E-state index in [0.717, 1.165) is 61.4 Å². The Bertz CT molecular complexity index is 1040. The summed E-state index contributed by atoms with van der Waals surface area (Å²) in [4.78, 5) is 15.0. The summed E-state index contributed by atoms with van der Waals surface area (Å²) in [6, 6.07) is 11.1. The van der Waals surface area contributed by atoms with Gasteiger partial charge in [-0.2, -0.15) is 0 Å². The van der Waals surface area contributed by atoms with Crippen molar-refractivity contribution in [1.29, 1.82) is 0 Å². The van der Waals surface area contributed by atoms with Crippen LogP contribution in [-0.2, 0) is 27.1 Å². The number of hydrogen-bond donors (Lipinski definition) is 0. The Balaban J connectivity index is 0.00000507. The highest BCUT2D eigenvalue weighted by Gasteiger charge is 2.46. The lowest BCUT2D eigenvalue weighted by Gasteiger charge is -2.45. The smallest absolute Gasteiger partial charge is 0.332 e. The summed E-state index contributed by atoms with van der Waals surface area (Å²) in [5.74, 6) is 0.906. The second-order valence-electron chi connectivity index (χ2n) is 10.0. The number of rotatable bonds is 14. The van der Waals surface area contributed by atoms with Crippen LogP contribution in [-0.4, -0.2) is 64.5 Å². The number of benzene rings is 2. The van der Waals surface area contributed by atoms with Crippen molar-refractivity contribution in [3.63, 3.8) is 0 Å². The quantitative estimate of drug-likeness (QED) is 0.269. The Morgan fingerprint density at radius 1 is 1.08 bits per heavy atom. The van der Waals surface area contributed by atoms with Crippen molar-refractivity contribution >= 4 is 18.4 Å². The molecule has 0 unspecified atom stereocenters. The third-order valence-electron chi connectivity index (χ3n) is 7.51. The maximum absolute atomic E-state index is 14.0. The Hall–Kier alpha value is -2.35. The van der Waals surface area contributed by atoms with Crippen LogP contribution in [0.5, 0.6) is 11.5 Å². The zero-order valence-corrected chi connectivity index (χ0v) is 24.2. The first-order valence-electron chi connectivity index (χ1n) is 13.2. The van der Waals surface area contributed by atoms with Gasteiger partial charge in [0.2, 0.25) is 0 Å². The van der Waals surface area contributed by atoms with Gasteiger partial charge in [0.15, 0.2) is 11.5 Å². The number of methoxy groups -OCH3 is 3. The summed E-state index contributed by atoms with van der Waals surface area (Å²) < 4.78 is 36.2. The van der Waals surface area contributed by atoms with Crippen molar-refractivity contribution < 1.29 is 28.1 Å². The van der Waals surface area contributed by atoms with E-state index in [2.05, 4.69) is 24.9 Å². The van der Waals surface area contributed by atoms with Gasteiger partial charge in [-0.1, -0.05) is 31.9 Å². The minimum absolute atomic E-state index is 0. The molecular weight excluding hydrogens is 509 g/mol. The highest BCUT2D eigenvalue weighted by atomic mass is 35.5. The van der Waals surface area contributed by atoms with E-state index in [1.165, 1.54) is 18.7 Å². The van der Waals surface area contributed by atoms with Gasteiger partial charge in [0.1, 0.15) is 18.0 Å². The van der Waals surface area contributed by atoms with Gasteiger partial charge in [-0.15, -0.1) is 12.4 Å². The Labute approximate surface area is 233 Å². The molecule has 8 heteroatoms. The number of carbonyl (C=O) groups excluding carboxylic acids is 1. The highest BCUT2D eigenvalue weighted by molar-refractivity contribution is 5.85. The molecule has 38 heavy (non-hydrogen) atoms. The predicted molar refractivity (Wildman–Crippen MR) is 150 cm³/mol. The summed E-state index contributed by atoms with van der Waals surface area (Å²) in [7, 11) is 6.88. The van der Waals surface area contributed by atoms with E-state index < -0.39 is 5.60 Å². The Morgan fingerprint density at radius 3 is 2.53 bits per heavy atom. The maximum atomic E-state index is 14.0. The second-order valence-corrected chi connectivity index (χ2v) is 10.0. The molecule has 3 rings (SSSR count). The molecule has 0 amide bonds. The lowest BCUT2D eigenvalue weighted by Crippen LogP contribution is -2.47. The molecule has 0 aromatic heterocycles. The SMILES string of the molecule is CCCC[C@H]1c2ccc(F)cc2CC[C@@]1(CCN(C)CCc1ccc(OC)c(OC)c1)OC(=O)COC.Cl. The Kier molecular flexibility index (Phi) is 12.8.